The van der Waals surface area contributed by atoms with Crippen molar-refractivity contribution in [1.29, 1.82) is 0 Å². The minimum atomic E-state index is -0.780. The Balaban J connectivity index is 1.10. The molecule has 234 valence electrons. The zero-order valence-corrected chi connectivity index (χ0v) is 26.2. The third-order valence-corrected chi connectivity index (χ3v) is 9.57. The Morgan fingerprint density at radius 2 is 1.78 bits per heavy atom. The highest BCUT2D eigenvalue weighted by atomic mass is 35.5. The summed E-state index contributed by atoms with van der Waals surface area (Å²) >= 11 is 17.0. The van der Waals surface area contributed by atoms with Gasteiger partial charge >= 0.3 is 0 Å². The molecule has 0 bridgehead atoms. The molecule has 12 nitrogen and oxygen atoms in total. The van der Waals surface area contributed by atoms with E-state index in [1.807, 2.05) is 18.2 Å². The Labute approximate surface area is 273 Å². The molecule has 15 heteroatoms. The van der Waals surface area contributed by atoms with Crippen molar-refractivity contribution in [2.24, 2.45) is 5.73 Å². The molecule has 5 amide bonds. The maximum Gasteiger partial charge on any atom is 0.271 e. The minimum Gasteiger partial charge on any atom is -0.364 e. The van der Waals surface area contributed by atoms with Crippen LogP contribution in [0.5, 0.6) is 0 Å². The van der Waals surface area contributed by atoms with Gasteiger partial charge in [0.2, 0.25) is 11.8 Å². The molecule has 2 unspecified atom stereocenters. The van der Waals surface area contributed by atoms with Gasteiger partial charge in [-0.15, -0.1) is 12.6 Å². The molecule has 0 saturated carbocycles. The van der Waals surface area contributed by atoms with E-state index in [4.69, 9.17) is 28.9 Å². The highest BCUT2D eigenvalue weighted by Gasteiger charge is 2.43. The van der Waals surface area contributed by atoms with E-state index in [2.05, 4.69) is 33.3 Å². The van der Waals surface area contributed by atoms with Crippen LogP contribution in [0.4, 0.5) is 5.69 Å². The first-order chi connectivity index (χ1) is 21.5. The summed E-state index contributed by atoms with van der Waals surface area (Å²) in [7, 11) is 0. The van der Waals surface area contributed by atoms with Crippen molar-refractivity contribution in [3.63, 3.8) is 0 Å². The van der Waals surface area contributed by atoms with Gasteiger partial charge in [-0.25, -0.2) is 0 Å². The van der Waals surface area contributed by atoms with Gasteiger partial charge in [0.1, 0.15) is 11.4 Å². The molecule has 2 fully saturated rings. The molecule has 1 aromatic heterocycles. The van der Waals surface area contributed by atoms with E-state index in [1.54, 1.807) is 29.1 Å². The molecule has 2 atom stereocenters. The van der Waals surface area contributed by atoms with Crippen LogP contribution in [0.1, 0.15) is 79.4 Å². The van der Waals surface area contributed by atoms with Crippen molar-refractivity contribution in [1.82, 2.24) is 24.9 Å². The topological polar surface area (TPSA) is 160 Å². The average Bonchev–Trinajstić information content (AvgIpc) is 3.52. The van der Waals surface area contributed by atoms with Gasteiger partial charge in [0.15, 0.2) is 5.69 Å². The van der Waals surface area contributed by atoms with Gasteiger partial charge in [0, 0.05) is 37.8 Å². The van der Waals surface area contributed by atoms with Crippen molar-refractivity contribution < 1.29 is 24.0 Å². The number of imide groups is 1. The monoisotopic (exact) mass is 669 g/mol. The van der Waals surface area contributed by atoms with Crippen LogP contribution < -0.4 is 16.4 Å². The second kappa shape index (κ2) is 12.5. The highest BCUT2D eigenvalue weighted by Crippen LogP contribution is 2.40. The van der Waals surface area contributed by atoms with Crippen molar-refractivity contribution in [3.05, 3.63) is 80.6 Å². The Morgan fingerprint density at radius 1 is 1.07 bits per heavy atom. The van der Waals surface area contributed by atoms with Crippen LogP contribution in [0.15, 0.2) is 42.6 Å². The Bertz CT molecular complexity index is 1720. The van der Waals surface area contributed by atoms with E-state index in [0.29, 0.717) is 12.1 Å². The molecule has 3 aliphatic rings. The van der Waals surface area contributed by atoms with E-state index in [0.717, 1.165) is 37.1 Å². The predicted molar refractivity (Wildman–Crippen MR) is 169 cm³/mol. The number of thiol groups is 1. The second-order valence-corrected chi connectivity index (χ2v) is 12.6. The van der Waals surface area contributed by atoms with Crippen molar-refractivity contribution in [3.8, 4) is 0 Å². The SMILES string of the molecule is NC(=O)c1nn(C2CCN(Cc3ccc4c(c3)C(=O)N(C3CCC(=O)NC3=O)C4S)CC2)cc1NC(=O)c1c(Cl)cccc1Cl. The van der Waals surface area contributed by atoms with E-state index >= 15 is 0 Å². The van der Waals surface area contributed by atoms with Crippen molar-refractivity contribution >= 4 is 71.1 Å². The molecule has 3 aliphatic heterocycles. The third-order valence-electron chi connectivity index (χ3n) is 8.41. The maximum absolute atomic E-state index is 13.4. The fourth-order valence-electron chi connectivity index (χ4n) is 6.12. The van der Waals surface area contributed by atoms with Crippen molar-refractivity contribution in [2.75, 3.05) is 18.4 Å². The van der Waals surface area contributed by atoms with Crippen LogP contribution in [0.3, 0.4) is 0 Å². The molecule has 4 N–H and O–H groups in total. The lowest BCUT2D eigenvalue weighted by Gasteiger charge is -2.32. The minimum absolute atomic E-state index is 0.0393. The summed E-state index contributed by atoms with van der Waals surface area (Å²) in [6, 6.07) is 9.62. The number of nitrogens with one attached hydrogen (secondary N) is 2. The number of primary amides is 1. The van der Waals surface area contributed by atoms with Crippen LogP contribution >= 0.6 is 35.8 Å². The number of anilines is 1. The predicted octanol–water partition coefficient (Wildman–Crippen LogP) is 3.57. The number of benzene rings is 2. The third kappa shape index (κ3) is 6.05. The van der Waals surface area contributed by atoms with Crippen LogP contribution in [0.2, 0.25) is 10.0 Å². The van der Waals surface area contributed by atoms with E-state index in [1.165, 1.54) is 4.90 Å². The summed E-state index contributed by atoms with van der Waals surface area (Å²) < 4.78 is 1.66. The number of piperidine rings is 2. The lowest BCUT2D eigenvalue weighted by atomic mass is 10.0. The number of hydrogen-bond donors (Lipinski definition) is 4. The number of fused-ring (bicyclic) bond motifs is 1. The molecule has 0 spiro atoms. The van der Waals surface area contributed by atoms with E-state index in [9.17, 15) is 24.0 Å². The average molecular weight is 671 g/mol. The van der Waals surface area contributed by atoms with Gasteiger partial charge in [-0.3, -0.25) is 38.9 Å². The number of aromatic nitrogens is 2. The number of halogens is 2. The Hall–Kier alpha value is -3.91. The van der Waals surface area contributed by atoms with Gasteiger partial charge in [0.05, 0.1) is 27.3 Å². The number of nitrogens with zero attached hydrogens (tertiary/aromatic N) is 4. The van der Waals surface area contributed by atoms with Crippen LogP contribution in [-0.2, 0) is 16.1 Å². The number of amides is 5. The molecule has 2 aromatic carbocycles. The van der Waals surface area contributed by atoms with Gasteiger partial charge in [0.25, 0.3) is 17.7 Å². The number of carbonyl (C=O) groups excluding carboxylic acids is 5. The molecule has 6 rings (SSSR count). The first-order valence-corrected chi connectivity index (χ1v) is 15.6. The number of nitrogens with two attached hydrogens (primary N) is 1. The zero-order valence-electron chi connectivity index (χ0n) is 23.8. The van der Waals surface area contributed by atoms with Gasteiger partial charge < -0.3 is 16.0 Å². The first kappa shape index (κ1) is 31.1. The number of rotatable bonds is 7. The fraction of sp³-hybridized carbons (Fsp3) is 0.333. The smallest absolute Gasteiger partial charge is 0.271 e. The summed E-state index contributed by atoms with van der Waals surface area (Å²) in [6.45, 7) is 2.04. The molecule has 4 heterocycles. The van der Waals surface area contributed by atoms with Crippen LogP contribution in [0, 0.1) is 0 Å². The molecule has 2 saturated heterocycles. The van der Waals surface area contributed by atoms with Gasteiger partial charge in [-0.1, -0.05) is 41.4 Å². The zero-order chi connectivity index (χ0) is 32.0. The summed E-state index contributed by atoms with van der Waals surface area (Å²) in [5, 5.41) is 9.15. The van der Waals surface area contributed by atoms with Gasteiger partial charge in [-0.2, -0.15) is 5.10 Å². The standard InChI is InChI=1S/C30H29Cl2N7O5S/c31-19-2-1-3-20(32)24(19)28(43)34-21-14-38(36-25(21)26(33)41)16-8-10-37(11-9-16)13-15-4-5-17-18(12-15)29(44)39(30(17)45)22-6-7-23(40)35-27(22)42/h1-5,12,14,16,22,30,45H,6-11,13H2,(H2,33,41)(H,34,43)(H,35,40,42). The quantitative estimate of drug-likeness (QED) is 0.221. The summed E-state index contributed by atoms with van der Waals surface area (Å²) in [5.74, 6) is -2.45. The second-order valence-electron chi connectivity index (χ2n) is 11.3. The fourth-order valence-corrected chi connectivity index (χ4v) is 7.18. The van der Waals surface area contributed by atoms with E-state index in [-0.39, 0.29) is 57.7 Å². The normalized spacial score (nSPS) is 20.7. The molecule has 0 radical (unpaired) electrons. The lowest BCUT2D eigenvalue weighted by Crippen LogP contribution is -2.53. The highest BCUT2D eigenvalue weighted by molar-refractivity contribution is 7.80. The van der Waals surface area contributed by atoms with Gasteiger partial charge in [-0.05, 0) is 48.6 Å². The van der Waals surface area contributed by atoms with Crippen LogP contribution in [0.25, 0.3) is 0 Å². The number of hydrogen-bond acceptors (Lipinski definition) is 8. The summed E-state index contributed by atoms with van der Waals surface area (Å²) in [5.41, 5.74) is 7.95. The molecule has 0 aliphatic carbocycles. The molecule has 45 heavy (non-hydrogen) atoms. The van der Waals surface area contributed by atoms with Crippen LogP contribution in [-0.4, -0.2) is 68.2 Å². The number of carbonyl (C=O) groups is 5. The van der Waals surface area contributed by atoms with Crippen molar-refractivity contribution in [2.45, 2.75) is 49.7 Å². The molecule has 3 aromatic rings. The lowest BCUT2D eigenvalue weighted by molar-refractivity contribution is -0.137. The number of likely N-dealkylation sites (tertiary alicyclic amines) is 1. The Kier molecular flexibility index (Phi) is 8.61. The largest absolute Gasteiger partial charge is 0.364 e. The van der Waals surface area contributed by atoms with E-state index < -0.39 is 29.1 Å². The summed E-state index contributed by atoms with van der Waals surface area (Å²) in [4.78, 5) is 66.2. The molecular weight excluding hydrogens is 641 g/mol. The molecular formula is C30H29Cl2N7O5S. The maximum atomic E-state index is 13.4. The summed E-state index contributed by atoms with van der Waals surface area (Å²) in [6.07, 6.45) is 3.47. The first-order valence-electron chi connectivity index (χ1n) is 14.4. The Morgan fingerprint density at radius 3 is 2.44 bits per heavy atom.